The van der Waals surface area contributed by atoms with E-state index in [0.29, 0.717) is 18.9 Å². The van der Waals surface area contributed by atoms with E-state index >= 15 is 0 Å². The van der Waals surface area contributed by atoms with Gasteiger partial charge in [-0.2, -0.15) is 4.31 Å². The fraction of sp³-hybridized carbons (Fsp3) is 0.929. The van der Waals surface area contributed by atoms with Gasteiger partial charge < -0.3 is 5.32 Å². The quantitative estimate of drug-likeness (QED) is 0.859. The lowest BCUT2D eigenvalue weighted by Gasteiger charge is -2.35. The van der Waals surface area contributed by atoms with E-state index in [4.69, 9.17) is 0 Å². The Labute approximate surface area is 122 Å². The summed E-state index contributed by atoms with van der Waals surface area (Å²) in [6, 6.07) is -0.299. The van der Waals surface area contributed by atoms with Crippen LogP contribution in [0.2, 0.25) is 0 Å². The normalized spacial score (nSPS) is 32.8. The number of rotatable bonds is 3. The Kier molecular flexibility index (Phi) is 5.07. The fourth-order valence-electron chi connectivity index (χ4n) is 3.37. The van der Waals surface area contributed by atoms with Crippen molar-refractivity contribution in [2.45, 2.75) is 64.0 Å². The molecule has 0 aromatic rings. The van der Waals surface area contributed by atoms with Gasteiger partial charge in [0.25, 0.3) is 0 Å². The van der Waals surface area contributed by atoms with Crippen molar-refractivity contribution in [3.63, 3.8) is 0 Å². The molecule has 0 unspecified atom stereocenters. The summed E-state index contributed by atoms with van der Waals surface area (Å²) in [5.41, 5.74) is 0. The largest absolute Gasteiger partial charge is 0.352 e. The van der Waals surface area contributed by atoms with Gasteiger partial charge in [0.15, 0.2) is 0 Å². The molecule has 6 heteroatoms. The number of piperidine rings is 1. The molecule has 1 saturated heterocycles. The number of carbonyl (C=O) groups excluding carboxylic acids is 1. The third kappa shape index (κ3) is 3.73. The Bertz CT molecular complexity index is 449. The predicted molar refractivity (Wildman–Crippen MR) is 78.8 cm³/mol. The van der Waals surface area contributed by atoms with Crippen molar-refractivity contribution < 1.29 is 13.2 Å². The van der Waals surface area contributed by atoms with Crippen LogP contribution in [0.15, 0.2) is 0 Å². The minimum Gasteiger partial charge on any atom is -0.352 e. The average molecular weight is 302 g/mol. The topological polar surface area (TPSA) is 66.5 Å². The van der Waals surface area contributed by atoms with Gasteiger partial charge >= 0.3 is 0 Å². The number of hydrogen-bond acceptors (Lipinski definition) is 3. The summed E-state index contributed by atoms with van der Waals surface area (Å²) in [6.45, 7) is 2.64. The second-order valence-electron chi connectivity index (χ2n) is 6.26. The summed E-state index contributed by atoms with van der Waals surface area (Å²) in [5.74, 6) is 0.386. The fourth-order valence-corrected chi connectivity index (χ4v) is 4.50. The first-order valence-corrected chi connectivity index (χ1v) is 9.51. The highest BCUT2D eigenvalue weighted by atomic mass is 32.2. The van der Waals surface area contributed by atoms with Gasteiger partial charge in [0, 0.05) is 12.6 Å². The molecule has 2 fully saturated rings. The van der Waals surface area contributed by atoms with Crippen LogP contribution in [0.4, 0.5) is 0 Å². The maximum absolute atomic E-state index is 12.5. The van der Waals surface area contributed by atoms with Crippen LogP contribution in [-0.2, 0) is 14.8 Å². The SMILES string of the molecule is C[C@@H]1CCCC[C@@H]1NC(=O)[C@H]1CCCCN1S(C)(=O)=O. The Morgan fingerprint density at radius 2 is 1.75 bits per heavy atom. The first-order chi connectivity index (χ1) is 9.39. The average Bonchev–Trinajstić information content (AvgIpc) is 2.40. The minimum absolute atomic E-state index is 0.103. The van der Waals surface area contributed by atoms with Gasteiger partial charge in [0.05, 0.1) is 6.26 Å². The van der Waals surface area contributed by atoms with E-state index in [2.05, 4.69) is 12.2 Å². The van der Waals surface area contributed by atoms with Gasteiger partial charge in [-0.3, -0.25) is 4.79 Å². The summed E-state index contributed by atoms with van der Waals surface area (Å²) in [5, 5.41) is 3.10. The van der Waals surface area contributed by atoms with Crippen molar-refractivity contribution in [1.82, 2.24) is 9.62 Å². The number of hydrogen-bond donors (Lipinski definition) is 1. The first kappa shape index (κ1) is 15.8. The van der Waals surface area contributed by atoms with E-state index in [1.807, 2.05) is 0 Å². The highest BCUT2D eigenvalue weighted by Crippen LogP contribution is 2.25. The van der Waals surface area contributed by atoms with Gasteiger partial charge in [-0.1, -0.05) is 26.2 Å². The zero-order valence-corrected chi connectivity index (χ0v) is 13.3. The smallest absolute Gasteiger partial charge is 0.238 e. The maximum Gasteiger partial charge on any atom is 0.238 e. The number of nitrogens with one attached hydrogen (secondary N) is 1. The zero-order chi connectivity index (χ0) is 14.8. The lowest BCUT2D eigenvalue weighted by atomic mass is 9.85. The summed E-state index contributed by atoms with van der Waals surface area (Å²) in [4.78, 5) is 12.5. The molecular formula is C14H26N2O3S. The molecule has 1 amide bonds. The van der Waals surface area contributed by atoms with E-state index < -0.39 is 16.1 Å². The lowest BCUT2D eigenvalue weighted by Crippen LogP contribution is -2.54. The van der Waals surface area contributed by atoms with Crippen LogP contribution < -0.4 is 5.32 Å². The second-order valence-corrected chi connectivity index (χ2v) is 8.20. The summed E-state index contributed by atoms with van der Waals surface area (Å²) < 4.78 is 25.0. The molecule has 116 valence electrons. The van der Waals surface area contributed by atoms with Crippen LogP contribution >= 0.6 is 0 Å². The van der Waals surface area contributed by atoms with Gasteiger partial charge in [0.2, 0.25) is 15.9 Å². The molecule has 0 radical (unpaired) electrons. The minimum atomic E-state index is -3.30. The molecule has 2 aliphatic rings. The first-order valence-electron chi connectivity index (χ1n) is 7.67. The van der Waals surface area contributed by atoms with E-state index in [9.17, 15) is 13.2 Å². The van der Waals surface area contributed by atoms with Gasteiger partial charge in [-0.25, -0.2) is 8.42 Å². The van der Waals surface area contributed by atoms with Crippen molar-refractivity contribution in [3.05, 3.63) is 0 Å². The molecule has 2 rings (SSSR count). The Morgan fingerprint density at radius 3 is 2.40 bits per heavy atom. The second kappa shape index (κ2) is 6.43. The Balaban J connectivity index is 2.02. The van der Waals surface area contributed by atoms with Crippen LogP contribution in [0.25, 0.3) is 0 Å². The van der Waals surface area contributed by atoms with Crippen molar-refractivity contribution in [3.8, 4) is 0 Å². The van der Waals surface area contributed by atoms with Crippen molar-refractivity contribution in [2.24, 2.45) is 5.92 Å². The maximum atomic E-state index is 12.5. The van der Waals surface area contributed by atoms with Crippen LogP contribution in [0.3, 0.4) is 0 Å². The standard InChI is InChI=1S/C14H26N2O3S/c1-11-7-3-4-8-12(11)15-14(17)13-9-5-6-10-16(13)20(2,18)19/h11-13H,3-10H2,1-2H3,(H,15,17)/t11-,12+,13-/m1/s1. The lowest BCUT2D eigenvalue weighted by molar-refractivity contribution is -0.127. The third-order valence-corrected chi connectivity index (χ3v) is 5.91. The van der Waals surface area contributed by atoms with Crippen molar-refractivity contribution in [1.29, 1.82) is 0 Å². The Hall–Kier alpha value is -0.620. The molecule has 0 aromatic heterocycles. The Morgan fingerprint density at radius 1 is 1.10 bits per heavy atom. The van der Waals surface area contributed by atoms with E-state index in [1.165, 1.54) is 17.0 Å². The van der Waals surface area contributed by atoms with Gasteiger partial charge in [-0.15, -0.1) is 0 Å². The molecule has 0 bridgehead atoms. The number of nitrogens with zero attached hydrogens (tertiary/aromatic N) is 1. The predicted octanol–water partition coefficient (Wildman–Crippen LogP) is 1.50. The molecule has 5 nitrogen and oxygen atoms in total. The molecule has 20 heavy (non-hydrogen) atoms. The molecule has 1 N–H and O–H groups in total. The molecule has 1 aliphatic heterocycles. The highest BCUT2D eigenvalue weighted by molar-refractivity contribution is 7.88. The third-order valence-electron chi connectivity index (χ3n) is 4.62. The van der Waals surface area contributed by atoms with Crippen LogP contribution in [0.5, 0.6) is 0 Å². The molecule has 0 aromatic carbocycles. The summed E-state index contributed by atoms with van der Waals surface area (Å²) in [7, 11) is -3.30. The van der Waals surface area contributed by atoms with Crippen LogP contribution in [-0.4, -0.2) is 43.5 Å². The molecule has 1 aliphatic carbocycles. The number of carbonyl (C=O) groups is 1. The van der Waals surface area contributed by atoms with E-state index in [-0.39, 0.29) is 11.9 Å². The van der Waals surface area contributed by atoms with Crippen LogP contribution in [0, 0.1) is 5.92 Å². The summed E-state index contributed by atoms with van der Waals surface area (Å²) in [6.07, 6.45) is 8.13. The van der Waals surface area contributed by atoms with Gasteiger partial charge in [0.1, 0.15) is 6.04 Å². The highest BCUT2D eigenvalue weighted by Gasteiger charge is 2.35. The molecule has 1 heterocycles. The monoisotopic (exact) mass is 302 g/mol. The van der Waals surface area contributed by atoms with E-state index in [0.717, 1.165) is 32.1 Å². The van der Waals surface area contributed by atoms with Gasteiger partial charge in [-0.05, 0) is 31.6 Å². The van der Waals surface area contributed by atoms with Crippen LogP contribution in [0.1, 0.15) is 51.9 Å². The number of amides is 1. The molecule has 1 saturated carbocycles. The zero-order valence-electron chi connectivity index (χ0n) is 12.5. The van der Waals surface area contributed by atoms with E-state index in [1.54, 1.807) is 0 Å². The molecule has 3 atom stereocenters. The molecular weight excluding hydrogens is 276 g/mol. The number of sulfonamides is 1. The summed E-state index contributed by atoms with van der Waals surface area (Å²) >= 11 is 0. The van der Waals surface area contributed by atoms with Crippen molar-refractivity contribution in [2.75, 3.05) is 12.8 Å². The molecule has 0 spiro atoms. The van der Waals surface area contributed by atoms with Crippen molar-refractivity contribution >= 4 is 15.9 Å².